The fourth-order valence-electron chi connectivity index (χ4n) is 1.86. The van der Waals surface area contributed by atoms with Crippen LogP contribution in [-0.4, -0.2) is 24.8 Å². The van der Waals surface area contributed by atoms with Crippen LogP contribution in [0, 0.1) is 13.8 Å². The van der Waals surface area contributed by atoms with Gasteiger partial charge >= 0.3 is 6.18 Å². The Hall–Kier alpha value is -1.10. The molecule has 2 nitrogen and oxygen atoms in total. The Morgan fingerprint density at radius 2 is 2.00 bits per heavy atom. The Morgan fingerprint density at radius 1 is 1.35 bits per heavy atom. The van der Waals surface area contributed by atoms with E-state index in [4.69, 9.17) is 0 Å². The lowest BCUT2D eigenvalue weighted by Crippen LogP contribution is -2.25. The highest BCUT2D eigenvalue weighted by Gasteiger charge is 2.40. The van der Waals surface area contributed by atoms with Gasteiger partial charge in [-0.05, 0) is 51.1 Å². The van der Waals surface area contributed by atoms with Crippen LogP contribution in [-0.2, 0) is 0 Å². The quantitative estimate of drug-likeness (QED) is 0.883. The molecule has 1 N–H and O–H groups in total. The smallest absolute Gasteiger partial charge is 0.320 e. The number of halogens is 3. The summed E-state index contributed by atoms with van der Waals surface area (Å²) in [6.07, 6.45) is -2.84. The second-order valence-electron chi connectivity index (χ2n) is 4.17. The topological polar surface area (TPSA) is 24.9 Å². The highest BCUT2D eigenvalue weighted by molar-refractivity contribution is 5.29. The van der Waals surface area contributed by atoms with E-state index in [1.165, 1.54) is 6.20 Å². The van der Waals surface area contributed by atoms with Crippen molar-refractivity contribution in [3.63, 3.8) is 0 Å². The maximum atomic E-state index is 13.0. The zero-order valence-corrected chi connectivity index (χ0v) is 10.2. The van der Waals surface area contributed by atoms with Gasteiger partial charge in [-0.3, -0.25) is 4.98 Å². The van der Waals surface area contributed by atoms with Gasteiger partial charge in [0, 0.05) is 11.9 Å². The van der Waals surface area contributed by atoms with Gasteiger partial charge in [0.15, 0.2) is 0 Å². The molecule has 1 unspecified atom stereocenters. The van der Waals surface area contributed by atoms with Crippen LogP contribution in [0.3, 0.4) is 0 Å². The number of hydrogen-bond acceptors (Lipinski definition) is 2. The Balaban J connectivity index is 3.04. The van der Waals surface area contributed by atoms with Crippen LogP contribution in [0.1, 0.15) is 29.2 Å². The van der Waals surface area contributed by atoms with E-state index in [1.807, 2.05) is 0 Å². The molecule has 0 saturated heterocycles. The second kappa shape index (κ2) is 5.49. The molecule has 1 aromatic rings. The number of nitrogens with zero attached hydrogens (tertiary/aromatic N) is 1. The van der Waals surface area contributed by atoms with Gasteiger partial charge in [0.05, 0.1) is 5.92 Å². The molecule has 0 fully saturated rings. The van der Waals surface area contributed by atoms with Crippen LogP contribution in [0.5, 0.6) is 0 Å². The fourth-order valence-corrected chi connectivity index (χ4v) is 1.86. The summed E-state index contributed by atoms with van der Waals surface area (Å²) in [5.74, 6) is -1.44. The third kappa shape index (κ3) is 3.70. The minimum absolute atomic E-state index is 0.0333. The van der Waals surface area contributed by atoms with E-state index in [0.717, 1.165) is 5.69 Å². The maximum absolute atomic E-state index is 13.0. The molecule has 0 aromatic carbocycles. The Bertz CT molecular complexity index is 375. The second-order valence-corrected chi connectivity index (χ2v) is 4.17. The zero-order valence-electron chi connectivity index (χ0n) is 10.2. The van der Waals surface area contributed by atoms with E-state index >= 15 is 0 Å². The van der Waals surface area contributed by atoms with Crippen molar-refractivity contribution in [1.82, 2.24) is 10.3 Å². The molecule has 0 bridgehead atoms. The Labute approximate surface area is 99.3 Å². The number of hydrogen-bond donors (Lipinski definition) is 1. The van der Waals surface area contributed by atoms with Gasteiger partial charge in [0.1, 0.15) is 0 Å². The largest absolute Gasteiger partial charge is 0.395 e. The van der Waals surface area contributed by atoms with Crippen LogP contribution in [0.4, 0.5) is 13.2 Å². The minimum Gasteiger partial charge on any atom is -0.320 e. The first kappa shape index (κ1) is 14.0. The van der Waals surface area contributed by atoms with Crippen LogP contribution in [0.15, 0.2) is 12.3 Å². The van der Waals surface area contributed by atoms with Crippen molar-refractivity contribution in [2.45, 2.75) is 32.4 Å². The van der Waals surface area contributed by atoms with E-state index < -0.39 is 12.1 Å². The molecule has 0 spiro atoms. The summed E-state index contributed by atoms with van der Waals surface area (Å²) in [4.78, 5) is 3.96. The molecule has 0 aliphatic rings. The molecule has 0 saturated carbocycles. The number of aryl methyl sites for hydroxylation is 2. The van der Waals surface area contributed by atoms with Gasteiger partial charge in [0.2, 0.25) is 0 Å². The van der Waals surface area contributed by atoms with Gasteiger partial charge in [0.25, 0.3) is 0 Å². The van der Waals surface area contributed by atoms with Crippen LogP contribution >= 0.6 is 0 Å². The number of alkyl halides is 3. The van der Waals surface area contributed by atoms with E-state index in [1.54, 1.807) is 27.0 Å². The number of aromatic nitrogens is 1. The summed E-state index contributed by atoms with van der Waals surface area (Å²) in [6.45, 7) is 3.80. The van der Waals surface area contributed by atoms with Gasteiger partial charge in [-0.15, -0.1) is 0 Å². The summed E-state index contributed by atoms with van der Waals surface area (Å²) >= 11 is 0. The average Bonchev–Trinajstić information content (AvgIpc) is 2.19. The first-order valence-electron chi connectivity index (χ1n) is 5.50. The predicted octanol–water partition coefficient (Wildman–Crippen LogP) is 2.95. The van der Waals surface area contributed by atoms with Gasteiger partial charge in [-0.25, -0.2) is 0 Å². The summed E-state index contributed by atoms with van der Waals surface area (Å²) in [6, 6.07) is 1.69. The van der Waals surface area contributed by atoms with Crippen molar-refractivity contribution in [1.29, 1.82) is 0 Å². The molecular formula is C12H17F3N2. The molecule has 5 heteroatoms. The van der Waals surface area contributed by atoms with Crippen molar-refractivity contribution in [3.05, 3.63) is 29.1 Å². The Morgan fingerprint density at radius 3 is 2.47 bits per heavy atom. The number of nitrogens with one attached hydrogen (secondary N) is 1. The molecule has 1 rings (SSSR count). The predicted molar refractivity (Wildman–Crippen MR) is 61.1 cm³/mol. The van der Waals surface area contributed by atoms with Crippen LogP contribution in [0.25, 0.3) is 0 Å². The first-order chi connectivity index (χ1) is 7.86. The van der Waals surface area contributed by atoms with Crippen molar-refractivity contribution in [2.24, 2.45) is 0 Å². The summed E-state index contributed by atoms with van der Waals surface area (Å²) < 4.78 is 38.9. The average molecular weight is 246 g/mol. The Kier molecular flexibility index (Phi) is 4.51. The molecule has 17 heavy (non-hydrogen) atoms. The molecule has 1 atom stereocenters. The normalized spacial score (nSPS) is 13.8. The molecule has 1 aromatic heterocycles. The summed E-state index contributed by atoms with van der Waals surface area (Å²) in [5.41, 5.74) is 1.66. The monoisotopic (exact) mass is 246 g/mol. The van der Waals surface area contributed by atoms with Crippen molar-refractivity contribution >= 4 is 0 Å². The van der Waals surface area contributed by atoms with E-state index in [2.05, 4.69) is 10.3 Å². The van der Waals surface area contributed by atoms with Gasteiger partial charge in [-0.2, -0.15) is 13.2 Å². The third-order valence-electron chi connectivity index (χ3n) is 2.74. The van der Waals surface area contributed by atoms with Gasteiger partial charge in [-0.1, -0.05) is 0 Å². The number of pyridine rings is 1. The molecule has 0 aliphatic heterocycles. The van der Waals surface area contributed by atoms with Crippen molar-refractivity contribution < 1.29 is 13.2 Å². The highest BCUT2D eigenvalue weighted by Crippen LogP contribution is 2.38. The zero-order chi connectivity index (χ0) is 13.1. The SMILES string of the molecule is CNCCC(c1cnc(C)cc1C)C(F)(F)F. The lowest BCUT2D eigenvalue weighted by molar-refractivity contribution is -0.151. The maximum Gasteiger partial charge on any atom is 0.395 e. The fraction of sp³-hybridized carbons (Fsp3) is 0.583. The third-order valence-corrected chi connectivity index (χ3v) is 2.74. The standard InChI is InChI=1S/C12H17F3N2/c1-8-6-9(2)17-7-10(8)11(4-5-16-3)12(13,14)15/h6-7,11,16H,4-5H2,1-3H3. The van der Waals surface area contributed by atoms with Crippen molar-refractivity contribution in [3.8, 4) is 0 Å². The van der Waals surface area contributed by atoms with E-state index in [0.29, 0.717) is 12.1 Å². The van der Waals surface area contributed by atoms with E-state index in [9.17, 15) is 13.2 Å². The molecule has 96 valence electrons. The highest BCUT2D eigenvalue weighted by atomic mass is 19.4. The van der Waals surface area contributed by atoms with E-state index in [-0.39, 0.29) is 12.0 Å². The first-order valence-corrected chi connectivity index (χ1v) is 5.50. The van der Waals surface area contributed by atoms with Gasteiger partial charge < -0.3 is 5.32 Å². The van der Waals surface area contributed by atoms with Crippen LogP contribution in [0.2, 0.25) is 0 Å². The van der Waals surface area contributed by atoms with Crippen molar-refractivity contribution in [2.75, 3.05) is 13.6 Å². The lowest BCUT2D eigenvalue weighted by Gasteiger charge is -2.22. The molecule has 0 radical (unpaired) electrons. The molecule has 0 aliphatic carbocycles. The summed E-state index contributed by atoms with van der Waals surface area (Å²) in [5, 5.41) is 2.75. The minimum atomic E-state index is -4.22. The molecule has 1 heterocycles. The molecular weight excluding hydrogens is 229 g/mol. The summed E-state index contributed by atoms with van der Waals surface area (Å²) in [7, 11) is 1.65. The lowest BCUT2D eigenvalue weighted by atomic mass is 9.92. The van der Waals surface area contributed by atoms with Crippen LogP contribution < -0.4 is 5.32 Å². The molecule has 0 amide bonds. The number of rotatable bonds is 4.